The van der Waals surface area contributed by atoms with Crippen LogP contribution >= 0.6 is 0 Å². The predicted octanol–water partition coefficient (Wildman–Crippen LogP) is 17.5. The number of unbranched alkanes of at least 4 members (excludes halogenated alkanes) is 38. The molecule has 0 aromatic rings. The van der Waals surface area contributed by atoms with Crippen LogP contribution in [0, 0.1) is 0 Å². The van der Waals surface area contributed by atoms with E-state index in [4.69, 9.17) is 4.74 Å². The molecular formula is C58H111NO5. The maximum Gasteiger partial charge on any atom is 0.305 e. The summed E-state index contributed by atoms with van der Waals surface area (Å²) in [5.74, 6) is -0.0559. The van der Waals surface area contributed by atoms with Crippen molar-refractivity contribution in [2.45, 2.75) is 321 Å². The van der Waals surface area contributed by atoms with Gasteiger partial charge in [0, 0.05) is 12.8 Å². The van der Waals surface area contributed by atoms with Crippen LogP contribution in [-0.2, 0) is 14.3 Å². The SMILES string of the molecule is CCC/C=C\C/C=C\CCCCCCCC(=O)OCCCCCCCCCCCCCCCCCC(=O)NC(CO)C(O)CCCCCCCCCCCCCCCCCCCCC. The van der Waals surface area contributed by atoms with Crippen molar-refractivity contribution < 1.29 is 24.5 Å². The quantitative estimate of drug-likeness (QED) is 0.0321. The highest BCUT2D eigenvalue weighted by atomic mass is 16.5. The summed E-state index contributed by atoms with van der Waals surface area (Å²) >= 11 is 0. The molecule has 0 fully saturated rings. The molecule has 0 radical (unpaired) electrons. The molecule has 64 heavy (non-hydrogen) atoms. The van der Waals surface area contributed by atoms with Crippen LogP contribution in [0.4, 0.5) is 0 Å². The second kappa shape index (κ2) is 54.0. The molecule has 0 aliphatic rings. The lowest BCUT2D eigenvalue weighted by molar-refractivity contribution is -0.143. The molecule has 0 heterocycles. The van der Waals surface area contributed by atoms with Crippen LogP contribution in [0.5, 0.6) is 0 Å². The van der Waals surface area contributed by atoms with Gasteiger partial charge in [0.15, 0.2) is 0 Å². The first-order chi connectivity index (χ1) is 31.5. The minimum absolute atomic E-state index is 0.0142. The van der Waals surface area contributed by atoms with Gasteiger partial charge in [0.1, 0.15) is 0 Å². The number of esters is 1. The predicted molar refractivity (Wildman–Crippen MR) is 278 cm³/mol. The summed E-state index contributed by atoms with van der Waals surface area (Å²) in [6.45, 7) is 4.88. The second-order valence-corrected chi connectivity index (χ2v) is 19.6. The molecule has 0 aromatic carbocycles. The molecule has 0 saturated carbocycles. The average Bonchev–Trinajstić information content (AvgIpc) is 3.29. The molecule has 2 atom stereocenters. The van der Waals surface area contributed by atoms with E-state index >= 15 is 0 Å². The Kier molecular flexibility index (Phi) is 52.6. The summed E-state index contributed by atoms with van der Waals surface area (Å²) in [6.07, 6.45) is 64.4. The number of carbonyl (C=O) groups is 2. The van der Waals surface area contributed by atoms with Gasteiger partial charge in [-0.3, -0.25) is 9.59 Å². The smallest absolute Gasteiger partial charge is 0.305 e. The highest BCUT2D eigenvalue weighted by molar-refractivity contribution is 5.76. The van der Waals surface area contributed by atoms with Crippen molar-refractivity contribution in [3.8, 4) is 0 Å². The first-order valence-corrected chi connectivity index (χ1v) is 28.6. The molecule has 6 nitrogen and oxygen atoms in total. The van der Waals surface area contributed by atoms with Crippen LogP contribution in [0.3, 0.4) is 0 Å². The first kappa shape index (κ1) is 62.3. The second-order valence-electron chi connectivity index (χ2n) is 19.6. The third kappa shape index (κ3) is 49.8. The van der Waals surface area contributed by atoms with E-state index in [9.17, 15) is 19.8 Å². The summed E-state index contributed by atoms with van der Waals surface area (Å²) in [6, 6.07) is -0.549. The molecule has 3 N–H and O–H groups in total. The summed E-state index contributed by atoms with van der Waals surface area (Å²) in [5.41, 5.74) is 0. The topological polar surface area (TPSA) is 95.9 Å². The standard InChI is InChI=1S/C58H111NO5/c1-3-5-7-9-11-13-15-17-18-19-20-21-23-27-30-34-38-42-46-50-56(61)55(54-60)59-57(62)51-47-43-39-35-31-28-24-22-25-29-33-37-41-45-49-53-64-58(63)52-48-44-40-36-32-26-16-14-12-10-8-6-4-2/h8,10,14,16,55-56,60-61H,3-7,9,11-13,15,17-54H2,1-2H3,(H,59,62)/b10-8-,16-14-. The van der Waals surface area contributed by atoms with Gasteiger partial charge in [-0.2, -0.15) is 0 Å². The van der Waals surface area contributed by atoms with Gasteiger partial charge in [-0.1, -0.05) is 269 Å². The highest BCUT2D eigenvalue weighted by Gasteiger charge is 2.20. The van der Waals surface area contributed by atoms with E-state index < -0.39 is 12.1 Å². The fourth-order valence-electron chi connectivity index (χ4n) is 8.85. The Morgan fingerprint density at radius 2 is 0.812 bits per heavy atom. The Bertz CT molecular complexity index is 997. The molecular weight excluding hydrogens is 791 g/mol. The molecule has 0 aromatic heterocycles. The largest absolute Gasteiger partial charge is 0.466 e. The number of amides is 1. The Morgan fingerprint density at radius 3 is 1.25 bits per heavy atom. The third-order valence-electron chi connectivity index (χ3n) is 13.2. The molecule has 378 valence electrons. The highest BCUT2D eigenvalue weighted by Crippen LogP contribution is 2.17. The van der Waals surface area contributed by atoms with E-state index in [0.29, 0.717) is 25.9 Å². The Balaban J connectivity index is 3.44. The van der Waals surface area contributed by atoms with Gasteiger partial charge in [0.2, 0.25) is 5.91 Å². The van der Waals surface area contributed by atoms with E-state index in [2.05, 4.69) is 43.5 Å². The lowest BCUT2D eigenvalue weighted by Crippen LogP contribution is -2.45. The van der Waals surface area contributed by atoms with Gasteiger partial charge in [-0.25, -0.2) is 0 Å². The maximum atomic E-state index is 12.5. The van der Waals surface area contributed by atoms with Crippen LogP contribution in [0.1, 0.15) is 309 Å². The molecule has 0 aliphatic carbocycles. The van der Waals surface area contributed by atoms with Gasteiger partial charge in [-0.15, -0.1) is 0 Å². The van der Waals surface area contributed by atoms with E-state index in [-0.39, 0.29) is 18.5 Å². The molecule has 0 spiro atoms. The number of aliphatic hydroxyl groups is 2. The van der Waals surface area contributed by atoms with Crippen molar-refractivity contribution in [3.05, 3.63) is 24.3 Å². The molecule has 2 unspecified atom stereocenters. The van der Waals surface area contributed by atoms with Gasteiger partial charge in [0.25, 0.3) is 0 Å². The van der Waals surface area contributed by atoms with E-state index in [1.807, 2.05) is 0 Å². The van der Waals surface area contributed by atoms with Crippen LogP contribution in [0.15, 0.2) is 24.3 Å². The summed E-state index contributed by atoms with van der Waals surface area (Å²) in [5, 5.41) is 23.3. The van der Waals surface area contributed by atoms with Crippen molar-refractivity contribution >= 4 is 11.9 Å². The number of rotatable bonds is 53. The fourth-order valence-corrected chi connectivity index (χ4v) is 8.85. The Labute approximate surface area is 399 Å². The molecule has 0 rings (SSSR count). The fraction of sp³-hybridized carbons (Fsp3) is 0.897. The monoisotopic (exact) mass is 902 g/mol. The Morgan fingerprint density at radius 1 is 0.438 bits per heavy atom. The third-order valence-corrected chi connectivity index (χ3v) is 13.2. The van der Waals surface area contributed by atoms with E-state index in [1.54, 1.807) is 0 Å². The van der Waals surface area contributed by atoms with Crippen molar-refractivity contribution in [1.29, 1.82) is 0 Å². The number of hydrogen-bond donors (Lipinski definition) is 3. The van der Waals surface area contributed by atoms with Gasteiger partial charge >= 0.3 is 5.97 Å². The number of allylic oxidation sites excluding steroid dienone is 4. The van der Waals surface area contributed by atoms with Crippen molar-refractivity contribution in [3.63, 3.8) is 0 Å². The van der Waals surface area contributed by atoms with Crippen molar-refractivity contribution in [1.82, 2.24) is 5.32 Å². The van der Waals surface area contributed by atoms with Gasteiger partial charge in [0.05, 0.1) is 25.4 Å². The van der Waals surface area contributed by atoms with Gasteiger partial charge in [-0.05, 0) is 51.4 Å². The molecule has 0 saturated heterocycles. The van der Waals surface area contributed by atoms with Crippen molar-refractivity contribution in [2.24, 2.45) is 0 Å². The number of ether oxygens (including phenoxy) is 1. The number of nitrogens with one attached hydrogen (secondary N) is 1. The summed E-state index contributed by atoms with van der Waals surface area (Å²) < 4.78 is 5.46. The van der Waals surface area contributed by atoms with Crippen LogP contribution < -0.4 is 5.32 Å². The average molecular weight is 903 g/mol. The lowest BCUT2D eigenvalue weighted by atomic mass is 10.0. The molecule has 6 heteroatoms. The minimum Gasteiger partial charge on any atom is -0.466 e. The van der Waals surface area contributed by atoms with Crippen molar-refractivity contribution in [2.75, 3.05) is 13.2 Å². The number of aliphatic hydroxyl groups excluding tert-OH is 2. The van der Waals surface area contributed by atoms with Crippen LogP contribution in [0.2, 0.25) is 0 Å². The Hall–Kier alpha value is -1.66. The van der Waals surface area contributed by atoms with E-state index in [0.717, 1.165) is 57.8 Å². The zero-order valence-corrected chi connectivity index (χ0v) is 43.0. The zero-order chi connectivity index (χ0) is 46.5. The van der Waals surface area contributed by atoms with Gasteiger partial charge < -0.3 is 20.3 Å². The molecule has 1 amide bonds. The summed E-state index contributed by atoms with van der Waals surface area (Å²) in [4.78, 5) is 24.5. The maximum absolute atomic E-state index is 12.5. The first-order valence-electron chi connectivity index (χ1n) is 28.6. The lowest BCUT2D eigenvalue weighted by Gasteiger charge is -2.22. The minimum atomic E-state index is -0.671. The van der Waals surface area contributed by atoms with Crippen LogP contribution in [0.25, 0.3) is 0 Å². The van der Waals surface area contributed by atoms with E-state index in [1.165, 1.54) is 218 Å². The normalized spacial score (nSPS) is 12.8. The zero-order valence-electron chi connectivity index (χ0n) is 43.0. The molecule has 0 aliphatic heterocycles. The number of hydrogen-bond acceptors (Lipinski definition) is 5. The molecule has 0 bridgehead atoms. The number of carbonyl (C=O) groups excluding carboxylic acids is 2. The van der Waals surface area contributed by atoms with Crippen LogP contribution in [-0.4, -0.2) is 47.4 Å². The summed E-state index contributed by atoms with van der Waals surface area (Å²) in [7, 11) is 0.